The van der Waals surface area contributed by atoms with Crippen molar-refractivity contribution in [3.63, 3.8) is 0 Å². The second kappa shape index (κ2) is 3.82. The third kappa shape index (κ3) is 2.04. The van der Waals surface area contributed by atoms with Crippen LogP contribution in [0.2, 0.25) is 0 Å². The summed E-state index contributed by atoms with van der Waals surface area (Å²) >= 11 is 0. The first kappa shape index (κ1) is 11.0. The van der Waals surface area contributed by atoms with Gasteiger partial charge in [-0.25, -0.2) is 0 Å². The average molecular weight is 213 g/mol. The average Bonchev–Trinajstić information content (AvgIpc) is 2.66. The van der Waals surface area contributed by atoms with Crippen molar-refractivity contribution >= 4 is 0 Å². The molecular weight excluding hydrogens is 194 g/mol. The van der Waals surface area contributed by atoms with E-state index in [1.165, 1.54) is 22.4 Å². The first-order valence-electron chi connectivity index (χ1n) is 5.73. The summed E-state index contributed by atoms with van der Waals surface area (Å²) in [5.41, 5.74) is 5.37. The van der Waals surface area contributed by atoms with E-state index < -0.39 is 0 Å². The fourth-order valence-electron chi connectivity index (χ4n) is 1.86. The number of aromatic nitrogens is 1. The second-order valence-electron chi connectivity index (χ2n) is 5.37. The van der Waals surface area contributed by atoms with Crippen LogP contribution in [0.25, 0.3) is 11.3 Å². The fraction of sp³-hybridized carbons (Fsp3) is 0.333. The molecule has 0 saturated carbocycles. The van der Waals surface area contributed by atoms with Crippen LogP contribution in [0.5, 0.6) is 0 Å². The van der Waals surface area contributed by atoms with Gasteiger partial charge in [0, 0.05) is 17.5 Å². The van der Waals surface area contributed by atoms with E-state index in [0.29, 0.717) is 0 Å². The third-order valence-electron chi connectivity index (χ3n) is 2.98. The van der Waals surface area contributed by atoms with Crippen LogP contribution in [-0.2, 0) is 5.41 Å². The lowest BCUT2D eigenvalue weighted by Gasteiger charge is -2.15. The molecule has 84 valence electrons. The highest BCUT2D eigenvalue weighted by Gasteiger charge is 2.15. The van der Waals surface area contributed by atoms with Crippen molar-refractivity contribution in [1.29, 1.82) is 0 Å². The van der Waals surface area contributed by atoms with Crippen LogP contribution in [-0.4, -0.2) is 4.98 Å². The number of aromatic amines is 1. The molecule has 0 saturated heterocycles. The molecule has 1 nitrogen and oxygen atoms in total. The molecule has 0 aliphatic heterocycles. The van der Waals surface area contributed by atoms with Crippen LogP contribution >= 0.6 is 0 Å². The summed E-state index contributed by atoms with van der Waals surface area (Å²) in [6, 6.07) is 10.7. The smallest absolute Gasteiger partial charge is 0.0459 e. The van der Waals surface area contributed by atoms with Crippen LogP contribution in [0, 0.1) is 6.92 Å². The van der Waals surface area contributed by atoms with Crippen LogP contribution in [0.3, 0.4) is 0 Å². The van der Waals surface area contributed by atoms with Gasteiger partial charge in [-0.3, -0.25) is 0 Å². The monoisotopic (exact) mass is 213 g/mol. The number of benzene rings is 1. The van der Waals surface area contributed by atoms with E-state index in [1.54, 1.807) is 0 Å². The van der Waals surface area contributed by atoms with Gasteiger partial charge in [0.05, 0.1) is 0 Å². The molecule has 2 aromatic rings. The molecule has 1 N–H and O–H groups in total. The summed E-state index contributed by atoms with van der Waals surface area (Å²) < 4.78 is 0. The van der Waals surface area contributed by atoms with E-state index in [1.807, 2.05) is 0 Å². The van der Waals surface area contributed by atoms with E-state index in [0.717, 1.165) is 0 Å². The van der Waals surface area contributed by atoms with Crippen LogP contribution < -0.4 is 0 Å². The molecular formula is C15H19N. The van der Waals surface area contributed by atoms with Crippen molar-refractivity contribution in [2.75, 3.05) is 0 Å². The van der Waals surface area contributed by atoms with Gasteiger partial charge in [-0.15, -0.1) is 0 Å². The first-order chi connectivity index (χ1) is 7.48. The highest BCUT2D eigenvalue weighted by atomic mass is 14.7. The molecule has 0 bridgehead atoms. The van der Waals surface area contributed by atoms with E-state index in [2.05, 4.69) is 69.2 Å². The minimum absolute atomic E-state index is 0.206. The van der Waals surface area contributed by atoms with Gasteiger partial charge < -0.3 is 4.98 Å². The van der Waals surface area contributed by atoms with Crippen LogP contribution in [0.1, 0.15) is 31.9 Å². The number of hydrogen-bond acceptors (Lipinski definition) is 0. The quantitative estimate of drug-likeness (QED) is 0.727. The predicted octanol–water partition coefficient (Wildman–Crippen LogP) is 4.29. The van der Waals surface area contributed by atoms with Gasteiger partial charge >= 0.3 is 0 Å². The lowest BCUT2D eigenvalue weighted by atomic mass is 9.89. The number of hydrogen-bond donors (Lipinski definition) is 1. The van der Waals surface area contributed by atoms with Crippen LogP contribution in [0.4, 0.5) is 0 Å². The summed E-state index contributed by atoms with van der Waals surface area (Å²) in [6.07, 6.45) is 2.11. The molecule has 0 fully saturated rings. The lowest BCUT2D eigenvalue weighted by Crippen LogP contribution is -2.09. The van der Waals surface area contributed by atoms with Crippen molar-refractivity contribution in [1.82, 2.24) is 4.98 Å². The Balaban J connectivity index is 2.44. The molecule has 0 amide bonds. The normalized spacial score (nSPS) is 11.8. The van der Waals surface area contributed by atoms with Gasteiger partial charge in [0.2, 0.25) is 0 Å². The maximum atomic E-state index is 3.37. The highest BCUT2D eigenvalue weighted by Crippen LogP contribution is 2.28. The molecule has 16 heavy (non-hydrogen) atoms. The summed E-state index contributed by atoms with van der Waals surface area (Å²) in [7, 11) is 0. The maximum absolute atomic E-state index is 3.37. The zero-order valence-corrected chi connectivity index (χ0v) is 10.5. The Morgan fingerprint density at radius 3 is 2.31 bits per heavy atom. The molecule has 0 radical (unpaired) electrons. The number of H-pyrrole nitrogens is 1. The van der Waals surface area contributed by atoms with E-state index >= 15 is 0 Å². The Labute approximate surface area is 97.5 Å². The minimum atomic E-state index is 0.206. The lowest BCUT2D eigenvalue weighted by molar-refractivity contribution is 0.591. The number of nitrogens with one attached hydrogen (secondary N) is 1. The molecule has 1 heteroatoms. The van der Waals surface area contributed by atoms with Crippen molar-refractivity contribution in [3.8, 4) is 11.3 Å². The van der Waals surface area contributed by atoms with Gasteiger partial charge in [-0.2, -0.15) is 0 Å². The maximum Gasteiger partial charge on any atom is 0.0459 e. The van der Waals surface area contributed by atoms with Gasteiger partial charge in [0.1, 0.15) is 0 Å². The SMILES string of the molecule is Cc1ccccc1-c1cc(C(C)(C)C)c[nH]1. The van der Waals surface area contributed by atoms with Crippen molar-refractivity contribution < 1.29 is 0 Å². The van der Waals surface area contributed by atoms with Crippen molar-refractivity contribution in [2.45, 2.75) is 33.1 Å². The molecule has 2 rings (SSSR count). The van der Waals surface area contributed by atoms with E-state index in [9.17, 15) is 0 Å². The minimum Gasteiger partial charge on any atom is -0.361 e. The van der Waals surface area contributed by atoms with Gasteiger partial charge in [-0.05, 0) is 29.5 Å². The molecule has 0 spiro atoms. The van der Waals surface area contributed by atoms with Crippen LogP contribution in [0.15, 0.2) is 36.5 Å². The van der Waals surface area contributed by atoms with E-state index in [-0.39, 0.29) is 5.41 Å². The zero-order chi connectivity index (χ0) is 11.8. The standard InChI is InChI=1S/C15H19N/c1-11-7-5-6-8-13(11)14-9-12(10-16-14)15(2,3)4/h5-10,16H,1-4H3. The molecule has 0 aliphatic carbocycles. The largest absolute Gasteiger partial charge is 0.361 e. The molecule has 0 unspecified atom stereocenters. The Bertz CT molecular complexity index is 486. The van der Waals surface area contributed by atoms with Crippen molar-refractivity contribution in [2.24, 2.45) is 0 Å². The molecule has 1 aromatic heterocycles. The van der Waals surface area contributed by atoms with Gasteiger partial charge in [0.15, 0.2) is 0 Å². The number of aryl methyl sites for hydroxylation is 1. The summed E-state index contributed by atoms with van der Waals surface area (Å²) in [6.45, 7) is 8.85. The third-order valence-corrected chi connectivity index (χ3v) is 2.98. The molecule has 0 atom stereocenters. The summed E-state index contributed by atoms with van der Waals surface area (Å²) in [4.78, 5) is 3.37. The zero-order valence-electron chi connectivity index (χ0n) is 10.5. The Morgan fingerprint density at radius 2 is 1.75 bits per heavy atom. The van der Waals surface area contributed by atoms with Gasteiger partial charge in [0.25, 0.3) is 0 Å². The molecule has 1 heterocycles. The van der Waals surface area contributed by atoms with Crippen molar-refractivity contribution in [3.05, 3.63) is 47.7 Å². The molecule has 1 aromatic carbocycles. The first-order valence-corrected chi connectivity index (χ1v) is 5.73. The Morgan fingerprint density at radius 1 is 1.06 bits per heavy atom. The summed E-state index contributed by atoms with van der Waals surface area (Å²) in [5.74, 6) is 0. The number of rotatable bonds is 1. The highest BCUT2D eigenvalue weighted by molar-refractivity contribution is 5.64. The Kier molecular flexibility index (Phi) is 2.63. The fourth-order valence-corrected chi connectivity index (χ4v) is 1.86. The summed E-state index contributed by atoms with van der Waals surface area (Å²) in [5, 5.41) is 0. The Hall–Kier alpha value is -1.50. The van der Waals surface area contributed by atoms with Gasteiger partial charge in [-0.1, -0.05) is 45.0 Å². The molecule has 0 aliphatic rings. The second-order valence-corrected chi connectivity index (χ2v) is 5.37. The predicted molar refractivity (Wildman–Crippen MR) is 69.7 cm³/mol. The van der Waals surface area contributed by atoms with E-state index in [4.69, 9.17) is 0 Å². The topological polar surface area (TPSA) is 15.8 Å².